The number of alkyl halides is 1. The van der Waals surface area contributed by atoms with Crippen molar-refractivity contribution in [2.75, 3.05) is 11.4 Å². The van der Waals surface area contributed by atoms with Gasteiger partial charge in [0.1, 0.15) is 0 Å². The van der Waals surface area contributed by atoms with Crippen LogP contribution in [0, 0.1) is 12.8 Å². The molecule has 0 saturated carbocycles. The molecule has 0 bridgehead atoms. The average molecular weight is 296 g/mol. The molecule has 0 radical (unpaired) electrons. The molecule has 94 valence electrons. The standard InChI is InChI=1S/C15H22BrN/c1-11-5-7-15(14(8-11)9-16)17-10-12(2)4-6-13(17)3/h5,7-8,12-13H,4,6,9-10H2,1-3H3. The summed E-state index contributed by atoms with van der Waals surface area (Å²) in [6.45, 7) is 8.08. The van der Waals surface area contributed by atoms with Crippen LogP contribution in [-0.2, 0) is 5.33 Å². The Kier molecular flexibility index (Phi) is 4.13. The number of hydrogen-bond acceptors (Lipinski definition) is 1. The van der Waals surface area contributed by atoms with Crippen molar-refractivity contribution in [3.05, 3.63) is 29.3 Å². The summed E-state index contributed by atoms with van der Waals surface area (Å²) in [6, 6.07) is 7.50. The summed E-state index contributed by atoms with van der Waals surface area (Å²) in [7, 11) is 0. The number of halogens is 1. The maximum atomic E-state index is 3.62. The van der Waals surface area contributed by atoms with Gasteiger partial charge in [-0.1, -0.05) is 40.5 Å². The van der Waals surface area contributed by atoms with E-state index in [0.717, 1.165) is 11.2 Å². The monoisotopic (exact) mass is 295 g/mol. The van der Waals surface area contributed by atoms with Crippen molar-refractivity contribution in [3.63, 3.8) is 0 Å². The normalized spacial score (nSPS) is 25.1. The minimum absolute atomic E-state index is 0.673. The first-order valence-corrected chi connectivity index (χ1v) is 7.66. The van der Waals surface area contributed by atoms with Gasteiger partial charge in [-0.15, -0.1) is 0 Å². The van der Waals surface area contributed by atoms with E-state index in [1.807, 2.05) is 0 Å². The number of anilines is 1. The first-order chi connectivity index (χ1) is 8.11. The third-order valence-electron chi connectivity index (χ3n) is 3.81. The van der Waals surface area contributed by atoms with Gasteiger partial charge in [0, 0.05) is 23.6 Å². The molecule has 1 aromatic rings. The van der Waals surface area contributed by atoms with E-state index in [-0.39, 0.29) is 0 Å². The van der Waals surface area contributed by atoms with Crippen molar-refractivity contribution in [2.45, 2.75) is 45.0 Å². The number of benzene rings is 1. The fourth-order valence-electron chi connectivity index (χ4n) is 2.73. The Morgan fingerprint density at radius 1 is 1.29 bits per heavy atom. The number of aryl methyl sites for hydroxylation is 1. The molecule has 1 saturated heterocycles. The van der Waals surface area contributed by atoms with E-state index in [1.54, 1.807) is 0 Å². The van der Waals surface area contributed by atoms with Crippen molar-refractivity contribution >= 4 is 21.6 Å². The molecule has 1 aliphatic rings. The van der Waals surface area contributed by atoms with E-state index in [4.69, 9.17) is 0 Å². The summed E-state index contributed by atoms with van der Waals surface area (Å²) >= 11 is 3.62. The minimum Gasteiger partial charge on any atom is -0.368 e. The Balaban J connectivity index is 2.31. The number of hydrogen-bond donors (Lipinski definition) is 0. The van der Waals surface area contributed by atoms with Gasteiger partial charge in [-0.2, -0.15) is 0 Å². The SMILES string of the molecule is Cc1ccc(N2CC(C)CCC2C)c(CBr)c1. The van der Waals surface area contributed by atoms with Gasteiger partial charge in [0.05, 0.1) is 0 Å². The Morgan fingerprint density at radius 3 is 2.76 bits per heavy atom. The van der Waals surface area contributed by atoms with Crippen LogP contribution >= 0.6 is 15.9 Å². The summed E-state index contributed by atoms with van der Waals surface area (Å²) in [4.78, 5) is 2.59. The highest BCUT2D eigenvalue weighted by atomic mass is 79.9. The highest BCUT2D eigenvalue weighted by Gasteiger charge is 2.24. The molecule has 2 unspecified atom stereocenters. The van der Waals surface area contributed by atoms with Gasteiger partial charge in [0.2, 0.25) is 0 Å². The van der Waals surface area contributed by atoms with E-state index >= 15 is 0 Å². The van der Waals surface area contributed by atoms with Gasteiger partial charge in [-0.05, 0) is 44.2 Å². The number of piperidine rings is 1. The van der Waals surface area contributed by atoms with Crippen molar-refractivity contribution in [1.29, 1.82) is 0 Å². The van der Waals surface area contributed by atoms with Crippen molar-refractivity contribution in [1.82, 2.24) is 0 Å². The molecule has 0 N–H and O–H groups in total. The van der Waals surface area contributed by atoms with E-state index < -0.39 is 0 Å². The molecule has 0 aliphatic carbocycles. The number of rotatable bonds is 2. The van der Waals surface area contributed by atoms with Gasteiger partial charge in [-0.25, -0.2) is 0 Å². The van der Waals surface area contributed by atoms with Crippen LogP contribution in [0.4, 0.5) is 5.69 Å². The van der Waals surface area contributed by atoms with E-state index in [9.17, 15) is 0 Å². The van der Waals surface area contributed by atoms with Crippen LogP contribution in [0.25, 0.3) is 0 Å². The van der Waals surface area contributed by atoms with E-state index in [0.29, 0.717) is 6.04 Å². The van der Waals surface area contributed by atoms with E-state index in [2.05, 4.69) is 59.8 Å². The fraction of sp³-hybridized carbons (Fsp3) is 0.600. The summed E-state index contributed by atoms with van der Waals surface area (Å²) in [5.41, 5.74) is 4.19. The highest BCUT2D eigenvalue weighted by Crippen LogP contribution is 2.31. The molecule has 2 atom stereocenters. The predicted octanol–water partition coefficient (Wildman–Crippen LogP) is 4.51. The van der Waals surface area contributed by atoms with Crippen LogP contribution in [0.15, 0.2) is 18.2 Å². The lowest BCUT2D eigenvalue weighted by Gasteiger charge is -2.39. The van der Waals surface area contributed by atoms with Crippen LogP contribution < -0.4 is 4.90 Å². The highest BCUT2D eigenvalue weighted by molar-refractivity contribution is 9.08. The maximum absolute atomic E-state index is 3.62. The molecular formula is C15H22BrN. The van der Waals surface area contributed by atoms with Crippen molar-refractivity contribution < 1.29 is 0 Å². The molecule has 0 aromatic heterocycles. The second-order valence-corrected chi connectivity index (χ2v) is 6.01. The Labute approximate surface area is 113 Å². The molecular weight excluding hydrogens is 274 g/mol. The van der Waals surface area contributed by atoms with E-state index in [1.165, 1.54) is 36.2 Å². The predicted molar refractivity (Wildman–Crippen MR) is 79.0 cm³/mol. The zero-order valence-corrected chi connectivity index (χ0v) is 12.6. The van der Waals surface area contributed by atoms with Crippen molar-refractivity contribution in [3.8, 4) is 0 Å². The third-order valence-corrected chi connectivity index (χ3v) is 4.41. The largest absolute Gasteiger partial charge is 0.368 e. The Morgan fingerprint density at radius 2 is 2.06 bits per heavy atom. The minimum atomic E-state index is 0.673. The molecule has 2 rings (SSSR count). The second-order valence-electron chi connectivity index (χ2n) is 5.45. The topological polar surface area (TPSA) is 3.24 Å². The molecule has 2 heteroatoms. The van der Waals surface area contributed by atoms with Gasteiger partial charge < -0.3 is 4.90 Å². The average Bonchev–Trinajstić information content (AvgIpc) is 2.32. The second kappa shape index (κ2) is 5.43. The lowest BCUT2D eigenvalue weighted by atomic mass is 9.93. The van der Waals surface area contributed by atoms with Crippen LogP contribution in [0.5, 0.6) is 0 Å². The first-order valence-electron chi connectivity index (χ1n) is 6.54. The maximum Gasteiger partial charge on any atom is 0.0410 e. The van der Waals surface area contributed by atoms with Gasteiger partial charge in [0.15, 0.2) is 0 Å². The van der Waals surface area contributed by atoms with Crippen LogP contribution in [-0.4, -0.2) is 12.6 Å². The molecule has 17 heavy (non-hydrogen) atoms. The molecule has 1 fully saturated rings. The Hall–Kier alpha value is -0.500. The molecule has 1 heterocycles. The first kappa shape index (κ1) is 12.9. The van der Waals surface area contributed by atoms with Crippen LogP contribution in [0.2, 0.25) is 0 Å². The van der Waals surface area contributed by atoms with Gasteiger partial charge in [-0.3, -0.25) is 0 Å². The van der Waals surface area contributed by atoms with Gasteiger partial charge in [0.25, 0.3) is 0 Å². The lowest BCUT2D eigenvalue weighted by Crippen LogP contribution is -2.41. The van der Waals surface area contributed by atoms with Crippen LogP contribution in [0.3, 0.4) is 0 Å². The third kappa shape index (κ3) is 2.85. The van der Waals surface area contributed by atoms with Crippen molar-refractivity contribution in [2.24, 2.45) is 5.92 Å². The fourth-order valence-corrected chi connectivity index (χ4v) is 3.17. The molecule has 1 aromatic carbocycles. The summed E-state index contributed by atoms with van der Waals surface area (Å²) in [5, 5.41) is 0.946. The zero-order chi connectivity index (χ0) is 12.4. The molecule has 0 spiro atoms. The molecule has 1 aliphatic heterocycles. The smallest absolute Gasteiger partial charge is 0.0410 e. The van der Waals surface area contributed by atoms with Gasteiger partial charge >= 0.3 is 0 Å². The molecule has 0 amide bonds. The summed E-state index contributed by atoms with van der Waals surface area (Å²) in [5.74, 6) is 0.815. The Bertz CT molecular complexity index is 389. The quantitative estimate of drug-likeness (QED) is 0.726. The molecule has 1 nitrogen and oxygen atoms in total. The summed E-state index contributed by atoms with van der Waals surface area (Å²) < 4.78 is 0. The lowest BCUT2D eigenvalue weighted by molar-refractivity contribution is 0.390. The summed E-state index contributed by atoms with van der Waals surface area (Å²) in [6.07, 6.45) is 2.68. The van der Waals surface area contributed by atoms with Crippen LogP contribution in [0.1, 0.15) is 37.8 Å². The number of nitrogens with zero attached hydrogens (tertiary/aromatic N) is 1. The zero-order valence-electron chi connectivity index (χ0n) is 11.0.